The lowest BCUT2D eigenvalue weighted by atomic mass is 9.99. The highest BCUT2D eigenvalue weighted by Gasteiger charge is 2.24. The van der Waals surface area contributed by atoms with Crippen LogP contribution in [-0.2, 0) is 11.0 Å². The van der Waals surface area contributed by atoms with Crippen molar-refractivity contribution in [3.8, 4) is 0 Å². The first-order valence-corrected chi connectivity index (χ1v) is 8.80. The molecular weight excluding hydrogens is 314 g/mol. The molecule has 4 heteroatoms. The normalized spacial score (nSPS) is 14.6. The third kappa shape index (κ3) is 4.42. The second-order valence-electron chi connectivity index (χ2n) is 6.39. The van der Waals surface area contributed by atoms with Crippen LogP contribution in [0.15, 0.2) is 48.5 Å². The molecule has 0 spiro atoms. The Morgan fingerprint density at radius 3 is 1.86 bits per heavy atom. The number of hydrogen-bond acceptors (Lipinski definition) is 1. The van der Waals surface area contributed by atoms with Gasteiger partial charge < -0.3 is 0 Å². The summed E-state index contributed by atoms with van der Waals surface area (Å²) < 4.78 is 15.5. The van der Waals surface area contributed by atoms with Crippen LogP contribution >= 0.6 is 11.6 Å². The molecule has 2 atom stereocenters. The van der Waals surface area contributed by atoms with Gasteiger partial charge in [0, 0.05) is 5.02 Å². The number of aryl methyl sites for hydroxylation is 1. The molecule has 0 amide bonds. The Morgan fingerprint density at radius 2 is 1.41 bits per heavy atom. The fraction of sp³-hybridized carbons (Fsp3) is 0.333. The molecule has 2 rings (SSSR count). The van der Waals surface area contributed by atoms with Crippen LogP contribution in [-0.4, -0.2) is 8.96 Å². The summed E-state index contributed by atoms with van der Waals surface area (Å²) in [4.78, 5) is 0. The predicted molar refractivity (Wildman–Crippen MR) is 95.5 cm³/mol. The van der Waals surface area contributed by atoms with E-state index in [9.17, 15) is 4.21 Å². The molecule has 0 saturated carbocycles. The summed E-state index contributed by atoms with van der Waals surface area (Å²) >= 11 is 5.98. The molecule has 0 aliphatic rings. The molecule has 0 fully saturated rings. The van der Waals surface area contributed by atoms with E-state index in [-0.39, 0.29) is 10.8 Å². The molecule has 0 radical (unpaired) electrons. The molecule has 0 bridgehead atoms. The van der Waals surface area contributed by atoms with Crippen molar-refractivity contribution in [1.82, 2.24) is 4.72 Å². The smallest absolute Gasteiger partial charge is 0.0979 e. The maximum atomic E-state index is 12.5. The van der Waals surface area contributed by atoms with Crippen LogP contribution in [0, 0.1) is 6.92 Å². The Labute approximate surface area is 140 Å². The first kappa shape index (κ1) is 17.2. The standard InChI is InChI=1S/C18H22ClNOS/c1-13-5-7-14(8-6-13)17(20-22(21)18(2,3)4)15-9-11-16(19)12-10-15/h5-12,17,20H,1-4H3/t17-,22?/m0/s1. The lowest BCUT2D eigenvalue weighted by Crippen LogP contribution is -2.36. The second-order valence-corrected chi connectivity index (χ2v) is 8.83. The predicted octanol–water partition coefficient (Wildman–Crippen LogP) is 4.79. The Hall–Kier alpha value is -1.16. The Morgan fingerprint density at radius 1 is 0.955 bits per heavy atom. The summed E-state index contributed by atoms with van der Waals surface area (Å²) in [7, 11) is -1.16. The van der Waals surface area contributed by atoms with Crippen molar-refractivity contribution < 1.29 is 4.21 Å². The minimum atomic E-state index is -1.16. The molecule has 1 unspecified atom stereocenters. The van der Waals surface area contributed by atoms with Gasteiger partial charge in [-0.3, -0.25) is 0 Å². The zero-order valence-electron chi connectivity index (χ0n) is 13.4. The van der Waals surface area contributed by atoms with Gasteiger partial charge in [-0.05, 0) is 51.0 Å². The van der Waals surface area contributed by atoms with Crippen molar-refractivity contribution in [1.29, 1.82) is 0 Å². The molecule has 2 aromatic carbocycles. The molecular formula is C18H22ClNOS. The minimum absolute atomic E-state index is 0.127. The fourth-order valence-electron chi connectivity index (χ4n) is 2.03. The largest absolute Gasteiger partial charge is 0.242 e. The molecule has 22 heavy (non-hydrogen) atoms. The van der Waals surface area contributed by atoms with Gasteiger partial charge in [-0.25, -0.2) is 8.93 Å². The Bertz CT molecular complexity index is 599. The van der Waals surface area contributed by atoms with Gasteiger partial charge in [-0.1, -0.05) is 53.6 Å². The van der Waals surface area contributed by atoms with Gasteiger partial charge in [0.1, 0.15) is 0 Å². The van der Waals surface area contributed by atoms with E-state index >= 15 is 0 Å². The number of hydrogen-bond donors (Lipinski definition) is 1. The van der Waals surface area contributed by atoms with Gasteiger partial charge in [0.15, 0.2) is 0 Å². The monoisotopic (exact) mass is 335 g/mol. The Balaban J connectivity index is 2.38. The van der Waals surface area contributed by atoms with Crippen LogP contribution in [0.3, 0.4) is 0 Å². The molecule has 0 saturated heterocycles. The molecule has 2 nitrogen and oxygen atoms in total. The maximum absolute atomic E-state index is 12.5. The first-order chi connectivity index (χ1) is 10.3. The number of nitrogens with one attached hydrogen (secondary N) is 1. The zero-order chi connectivity index (χ0) is 16.3. The van der Waals surface area contributed by atoms with E-state index in [1.165, 1.54) is 5.56 Å². The topological polar surface area (TPSA) is 29.1 Å². The minimum Gasteiger partial charge on any atom is -0.242 e. The van der Waals surface area contributed by atoms with Gasteiger partial charge in [0.25, 0.3) is 0 Å². The van der Waals surface area contributed by atoms with E-state index in [2.05, 4.69) is 35.9 Å². The van der Waals surface area contributed by atoms with E-state index in [0.717, 1.165) is 11.1 Å². The molecule has 1 N–H and O–H groups in total. The lowest BCUT2D eigenvalue weighted by molar-refractivity contribution is 0.623. The van der Waals surface area contributed by atoms with Crippen molar-refractivity contribution in [3.05, 3.63) is 70.2 Å². The average molecular weight is 336 g/mol. The SMILES string of the molecule is Cc1ccc([C@H](NS(=O)C(C)(C)C)c2ccc(Cl)cc2)cc1. The van der Waals surface area contributed by atoms with Crippen molar-refractivity contribution in [2.75, 3.05) is 0 Å². The average Bonchev–Trinajstić information content (AvgIpc) is 2.46. The highest BCUT2D eigenvalue weighted by atomic mass is 35.5. The van der Waals surface area contributed by atoms with Crippen LogP contribution in [0.25, 0.3) is 0 Å². The highest BCUT2D eigenvalue weighted by molar-refractivity contribution is 7.84. The van der Waals surface area contributed by atoms with E-state index in [4.69, 9.17) is 11.6 Å². The van der Waals surface area contributed by atoms with Gasteiger partial charge in [-0.2, -0.15) is 0 Å². The van der Waals surface area contributed by atoms with E-state index in [1.54, 1.807) is 0 Å². The molecule has 0 heterocycles. The number of halogens is 1. The van der Waals surface area contributed by atoms with Gasteiger partial charge >= 0.3 is 0 Å². The van der Waals surface area contributed by atoms with Crippen LogP contribution in [0.2, 0.25) is 5.02 Å². The van der Waals surface area contributed by atoms with Crippen LogP contribution in [0.4, 0.5) is 0 Å². The molecule has 118 valence electrons. The van der Waals surface area contributed by atoms with Crippen LogP contribution in [0.1, 0.15) is 43.5 Å². The molecule has 2 aromatic rings. The van der Waals surface area contributed by atoms with Crippen molar-refractivity contribution >= 4 is 22.6 Å². The van der Waals surface area contributed by atoms with Crippen LogP contribution < -0.4 is 4.72 Å². The number of benzene rings is 2. The lowest BCUT2D eigenvalue weighted by Gasteiger charge is -2.25. The highest BCUT2D eigenvalue weighted by Crippen LogP contribution is 2.26. The quantitative estimate of drug-likeness (QED) is 0.855. The Kier molecular flexibility index (Phi) is 5.43. The summed E-state index contributed by atoms with van der Waals surface area (Å²) in [5.74, 6) is 0. The van der Waals surface area contributed by atoms with Crippen molar-refractivity contribution in [2.45, 2.75) is 38.5 Å². The summed E-state index contributed by atoms with van der Waals surface area (Å²) in [6.07, 6.45) is 0. The number of rotatable bonds is 4. The van der Waals surface area contributed by atoms with Gasteiger partial charge in [-0.15, -0.1) is 0 Å². The summed E-state index contributed by atoms with van der Waals surface area (Å²) in [5.41, 5.74) is 3.34. The summed E-state index contributed by atoms with van der Waals surface area (Å²) in [6, 6.07) is 15.8. The summed E-state index contributed by atoms with van der Waals surface area (Å²) in [6.45, 7) is 7.94. The third-order valence-corrected chi connectivity index (χ3v) is 5.21. The van der Waals surface area contributed by atoms with Crippen LogP contribution in [0.5, 0.6) is 0 Å². The van der Waals surface area contributed by atoms with E-state index in [1.807, 2.05) is 45.0 Å². The maximum Gasteiger partial charge on any atom is 0.0979 e. The van der Waals surface area contributed by atoms with E-state index in [0.29, 0.717) is 5.02 Å². The molecule has 0 aliphatic heterocycles. The summed E-state index contributed by atoms with van der Waals surface area (Å²) in [5, 5.41) is 0.698. The van der Waals surface area contributed by atoms with Gasteiger partial charge in [0.2, 0.25) is 0 Å². The first-order valence-electron chi connectivity index (χ1n) is 7.27. The van der Waals surface area contributed by atoms with E-state index < -0.39 is 11.0 Å². The molecule has 0 aromatic heterocycles. The molecule has 0 aliphatic carbocycles. The second kappa shape index (κ2) is 6.95. The zero-order valence-corrected chi connectivity index (χ0v) is 15.0. The van der Waals surface area contributed by atoms with Crippen molar-refractivity contribution in [3.63, 3.8) is 0 Å². The van der Waals surface area contributed by atoms with Crippen molar-refractivity contribution in [2.24, 2.45) is 0 Å². The third-order valence-electron chi connectivity index (χ3n) is 3.40. The van der Waals surface area contributed by atoms with Gasteiger partial charge in [0.05, 0.1) is 21.8 Å². The fourth-order valence-corrected chi connectivity index (χ4v) is 2.99.